The highest BCUT2D eigenvalue weighted by atomic mass is 35.5. The molecule has 104 valence electrons. The van der Waals surface area contributed by atoms with Gasteiger partial charge in [0.25, 0.3) is 0 Å². The predicted molar refractivity (Wildman–Crippen MR) is 72.7 cm³/mol. The average Bonchev–Trinajstić information content (AvgIpc) is 2.87. The SMILES string of the molecule is O=C(O)c1cc(NCC2(CO)CCCC2)ncc1Cl. The first-order valence-electron chi connectivity index (χ1n) is 6.30. The van der Waals surface area contributed by atoms with Gasteiger partial charge in [-0.1, -0.05) is 24.4 Å². The molecule has 1 aliphatic rings. The van der Waals surface area contributed by atoms with Crippen molar-refractivity contribution < 1.29 is 15.0 Å². The Labute approximate surface area is 116 Å². The van der Waals surface area contributed by atoms with Crippen molar-refractivity contribution in [2.24, 2.45) is 5.41 Å². The van der Waals surface area contributed by atoms with Gasteiger partial charge in [-0.3, -0.25) is 0 Å². The van der Waals surface area contributed by atoms with Crippen molar-refractivity contribution in [1.82, 2.24) is 4.98 Å². The highest BCUT2D eigenvalue weighted by Crippen LogP contribution is 2.37. The molecule has 0 aromatic carbocycles. The number of hydrogen-bond acceptors (Lipinski definition) is 4. The Morgan fingerprint density at radius 1 is 1.47 bits per heavy atom. The van der Waals surface area contributed by atoms with Crippen LogP contribution in [-0.2, 0) is 0 Å². The van der Waals surface area contributed by atoms with E-state index in [2.05, 4.69) is 10.3 Å². The fourth-order valence-electron chi connectivity index (χ4n) is 2.49. The van der Waals surface area contributed by atoms with E-state index in [0.717, 1.165) is 25.7 Å². The molecule has 1 aromatic rings. The van der Waals surface area contributed by atoms with Gasteiger partial charge in [-0.2, -0.15) is 0 Å². The summed E-state index contributed by atoms with van der Waals surface area (Å²) in [5.41, 5.74) is -0.0753. The van der Waals surface area contributed by atoms with E-state index in [-0.39, 0.29) is 22.6 Å². The maximum Gasteiger partial charge on any atom is 0.337 e. The van der Waals surface area contributed by atoms with Gasteiger partial charge in [0.15, 0.2) is 0 Å². The number of hydrogen-bond donors (Lipinski definition) is 3. The van der Waals surface area contributed by atoms with Crippen LogP contribution in [0.2, 0.25) is 5.02 Å². The first kappa shape index (κ1) is 14.1. The molecule has 19 heavy (non-hydrogen) atoms. The molecule has 1 fully saturated rings. The molecule has 3 N–H and O–H groups in total. The number of aliphatic hydroxyl groups excluding tert-OH is 1. The minimum atomic E-state index is -1.08. The summed E-state index contributed by atoms with van der Waals surface area (Å²) >= 11 is 5.76. The normalized spacial score (nSPS) is 17.4. The molecule has 1 aromatic heterocycles. The second-order valence-corrected chi connectivity index (χ2v) is 5.48. The van der Waals surface area contributed by atoms with Crippen LogP contribution in [0.1, 0.15) is 36.0 Å². The number of aromatic nitrogens is 1. The quantitative estimate of drug-likeness (QED) is 0.773. The van der Waals surface area contributed by atoms with Gasteiger partial charge in [-0.05, 0) is 18.9 Å². The maximum atomic E-state index is 11.0. The molecule has 1 aliphatic carbocycles. The third-order valence-electron chi connectivity index (χ3n) is 3.73. The van der Waals surface area contributed by atoms with Gasteiger partial charge in [0.1, 0.15) is 5.82 Å². The summed E-state index contributed by atoms with van der Waals surface area (Å²) in [5.74, 6) is -0.602. The number of halogens is 1. The van der Waals surface area contributed by atoms with E-state index in [0.29, 0.717) is 12.4 Å². The number of anilines is 1. The largest absolute Gasteiger partial charge is 0.478 e. The molecular weight excluding hydrogens is 268 g/mol. The summed E-state index contributed by atoms with van der Waals surface area (Å²) in [6, 6.07) is 1.42. The Hall–Kier alpha value is -1.33. The van der Waals surface area contributed by atoms with Gasteiger partial charge in [0.2, 0.25) is 0 Å². The minimum absolute atomic E-state index is 0.0311. The number of nitrogens with one attached hydrogen (secondary N) is 1. The standard InChI is InChI=1S/C13H17ClN2O3/c14-10-6-15-11(5-9(10)12(18)19)16-7-13(8-17)3-1-2-4-13/h5-6,17H,1-4,7-8H2,(H,15,16)(H,18,19). The Morgan fingerprint density at radius 3 is 2.74 bits per heavy atom. The van der Waals surface area contributed by atoms with E-state index < -0.39 is 5.97 Å². The lowest BCUT2D eigenvalue weighted by molar-refractivity contribution is 0.0697. The van der Waals surface area contributed by atoms with Crippen molar-refractivity contribution in [2.45, 2.75) is 25.7 Å². The second kappa shape index (κ2) is 5.75. The average molecular weight is 285 g/mol. The van der Waals surface area contributed by atoms with E-state index in [1.165, 1.54) is 12.3 Å². The van der Waals surface area contributed by atoms with Crippen LogP contribution in [0.5, 0.6) is 0 Å². The van der Waals surface area contributed by atoms with Gasteiger partial charge in [-0.15, -0.1) is 0 Å². The third-order valence-corrected chi connectivity index (χ3v) is 4.03. The van der Waals surface area contributed by atoms with Crippen LogP contribution in [0.4, 0.5) is 5.82 Å². The van der Waals surface area contributed by atoms with E-state index in [4.69, 9.17) is 16.7 Å². The van der Waals surface area contributed by atoms with Crippen LogP contribution in [-0.4, -0.2) is 34.3 Å². The fraction of sp³-hybridized carbons (Fsp3) is 0.538. The van der Waals surface area contributed by atoms with Crippen molar-refractivity contribution >= 4 is 23.4 Å². The number of carboxylic acid groups (broad SMARTS) is 1. The Bertz CT molecular complexity index is 473. The lowest BCUT2D eigenvalue weighted by Crippen LogP contribution is -2.30. The summed E-state index contributed by atoms with van der Waals surface area (Å²) in [6.07, 6.45) is 5.53. The number of rotatable bonds is 5. The number of carboxylic acids is 1. The Kier molecular flexibility index (Phi) is 4.27. The molecule has 0 aliphatic heterocycles. The zero-order valence-electron chi connectivity index (χ0n) is 10.5. The summed E-state index contributed by atoms with van der Waals surface area (Å²) in [4.78, 5) is 15.0. The number of pyridine rings is 1. The topological polar surface area (TPSA) is 82.5 Å². The van der Waals surface area contributed by atoms with Crippen LogP contribution < -0.4 is 5.32 Å². The van der Waals surface area contributed by atoms with Gasteiger partial charge >= 0.3 is 5.97 Å². The lowest BCUT2D eigenvalue weighted by atomic mass is 9.87. The highest BCUT2D eigenvalue weighted by Gasteiger charge is 2.33. The molecule has 0 spiro atoms. The molecule has 0 radical (unpaired) electrons. The lowest BCUT2D eigenvalue weighted by Gasteiger charge is -2.26. The number of aromatic carboxylic acids is 1. The number of nitrogens with zero attached hydrogens (tertiary/aromatic N) is 1. The van der Waals surface area contributed by atoms with Crippen molar-refractivity contribution in [3.63, 3.8) is 0 Å². The molecule has 0 unspecified atom stereocenters. The van der Waals surface area contributed by atoms with E-state index in [1.54, 1.807) is 0 Å². The van der Waals surface area contributed by atoms with Crippen LogP contribution in [0.15, 0.2) is 12.3 Å². The molecule has 1 heterocycles. The minimum Gasteiger partial charge on any atom is -0.478 e. The Morgan fingerprint density at radius 2 is 2.16 bits per heavy atom. The molecule has 0 amide bonds. The molecule has 0 saturated heterocycles. The van der Waals surface area contributed by atoms with Crippen molar-refractivity contribution in [3.05, 3.63) is 22.8 Å². The van der Waals surface area contributed by atoms with Gasteiger partial charge in [0.05, 0.1) is 17.2 Å². The summed E-state index contributed by atoms with van der Waals surface area (Å²) in [5, 5.41) is 21.7. The molecule has 0 atom stereocenters. The number of aliphatic hydroxyl groups is 1. The Balaban J connectivity index is 2.07. The molecule has 0 bridgehead atoms. The van der Waals surface area contributed by atoms with Gasteiger partial charge < -0.3 is 15.5 Å². The van der Waals surface area contributed by atoms with E-state index in [9.17, 15) is 9.90 Å². The van der Waals surface area contributed by atoms with Crippen LogP contribution >= 0.6 is 11.6 Å². The molecule has 2 rings (SSSR count). The number of carbonyl (C=O) groups is 1. The van der Waals surface area contributed by atoms with Gasteiger partial charge in [0, 0.05) is 18.2 Å². The maximum absolute atomic E-state index is 11.0. The first-order valence-corrected chi connectivity index (χ1v) is 6.68. The van der Waals surface area contributed by atoms with Gasteiger partial charge in [-0.25, -0.2) is 9.78 Å². The molecule has 5 nitrogen and oxygen atoms in total. The smallest absolute Gasteiger partial charge is 0.337 e. The summed E-state index contributed by atoms with van der Waals surface area (Å²) < 4.78 is 0. The van der Waals surface area contributed by atoms with Crippen LogP contribution in [0.3, 0.4) is 0 Å². The summed E-state index contributed by atoms with van der Waals surface area (Å²) in [7, 11) is 0. The highest BCUT2D eigenvalue weighted by molar-refractivity contribution is 6.33. The fourth-order valence-corrected chi connectivity index (χ4v) is 2.68. The van der Waals surface area contributed by atoms with Crippen LogP contribution in [0, 0.1) is 5.41 Å². The monoisotopic (exact) mass is 284 g/mol. The first-order chi connectivity index (χ1) is 9.06. The molecule has 6 heteroatoms. The summed E-state index contributed by atoms with van der Waals surface area (Å²) in [6.45, 7) is 0.733. The van der Waals surface area contributed by atoms with Crippen molar-refractivity contribution in [3.8, 4) is 0 Å². The third kappa shape index (κ3) is 3.16. The predicted octanol–water partition coefficient (Wildman–Crippen LogP) is 2.40. The molecular formula is C13H17ClN2O3. The van der Waals surface area contributed by atoms with E-state index in [1.807, 2.05) is 0 Å². The van der Waals surface area contributed by atoms with Crippen molar-refractivity contribution in [1.29, 1.82) is 0 Å². The molecule has 1 saturated carbocycles. The van der Waals surface area contributed by atoms with Crippen molar-refractivity contribution in [2.75, 3.05) is 18.5 Å². The second-order valence-electron chi connectivity index (χ2n) is 5.07. The zero-order valence-corrected chi connectivity index (χ0v) is 11.3. The van der Waals surface area contributed by atoms with E-state index >= 15 is 0 Å². The zero-order chi connectivity index (χ0) is 13.9. The van der Waals surface area contributed by atoms with Crippen LogP contribution in [0.25, 0.3) is 0 Å².